The van der Waals surface area contributed by atoms with Crippen molar-refractivity contribution in [1.29, 1.82) is 0 Å². The van der Waals surface area contributed by atoms with Crippen LogP contribution in [0.3, 0.4) is 0 Å². The van der Waals surface area contributed by atoms with Crippen molar-refractivity contribution in [2.24, 2.45) is 16.0 Å². The molecule has 0 saturated heterocycles. The summed E-state index contributed by atoms with van der Waals surface area (Å²) in [5.74, 6) is 0.697. The molecule has 33 heavy (non-hydrogen) atoms. The van der Waals surface area contributed by atoms with Gasteiger partial charge < -0.3 is 0 Å². The van der Waals surface area contributed by atoms with Gasteiger partial charge in [0, 0.05) is 16.7 Å². The van der Waals surface area contributed by atoms with Gasteiger partial charge in [-0.05, 0) is 61.8 Å². The number of rotatable bonds is 4. The Hall–Kier alpha value is -3.24. The Morgan fingerprint density at radius 1 is 0.848 bits per heavy atom. The van der Waals surface area contributed by atoms with Crippen molar-refractivity contribution in [1.82, 2.24) is 4.68 Å². The molecule has 0 aliphatic heterocycles. The number of nitrogens with zero attached hydrogens (tertiary/aromatic N) is 3. The van der Waals surface area contributed by atoms with E-state index in [0.717, 1.165) is 34.6 Å². The van der Waals surface area contributed by atoms with Gasteiger partial charge in [0.2, 0.25) is 4.80 Å². The molecule has 1 heterocycles. The average molecular weight is 452 g/mol. The van der Waals surface area contributed by atoms with Gasteiger partial charge in [0.15, 0.2) is 0 Å². The fourth-order valence-corrected chi connectivity index (χ4v) is 5.21. The molecule has 1 atom stereocenters. The number of benzene rings is 3. The Balaban J connectivity index is 1.57. The van der Waals surface area contributed by atoms with E-state index >= 15 is 0 Å². The molecule has 1 aromatic heterocycles. The summed E-state index contributed by atoms with van der Waals surface area (Å²) >= 11 is 1.65. The van der Waals surface area contributed by atoms with Gasteiger partial charge in [-0.15, -0.1) is 11.3 Å². The quantitative estimate of drug-likeness (QED) is 0.302. The van der Waals surface area contributed by atoms with Crippen molar-refractivity contribution in [3.63, 3.8) is 0 Å². The van der Waals surface area contributed by atoms with Gasteiger partial charge in [0.1, 0.15) is 0 Å². The van der Waals surface area contributed by atoms with Gasteiger partial charge in [0.25, 0.3) is 0 Å². The van der Waals surface area contributed by atoms with Crippen LogP contribution in [0.25, 0.3) is 22.4 Å². The van der Waals surface area contributed by atoms with E-state index in [1.54, 1.807) is 11.3 Å². The highest BCUT2D eigenvalue weighted by Crippen LogP contribution is 2.27. The summed E-state index contributed by atoms with van der Waals surface area (Å²) in [6, 6.07) is 27.6. The predicted octanol–water partition coefficient (Wildman–Crippen LogP) is 7.84. The molecule has 4 aromatic rings. The molecule has 166 valence electrons. The van der Waals surface area contributed by atoms with Crippen LogP contribution in [0.4, 0.5) is 5.69 Å². The summed E-state index contributed by atoms with van der Waals surface area (Å²) in [6.45, 7) is 4.43. The first kappa shape index (κ1) is 21.6. The van der Waals surface area contributed by atoms with E-state index in [-0.39, 0.29) is 0 Å². The molecule has 1 unspecified atom stereocenters. The maximum Gasteiger partial charge on any atom is 0.211 e. The van der Waals surface area contributed by atoms with Crippen molar-refractivity contribution < 1.29 is 0 Å². The summed E-state index contributed by atoms with van der Waals surface area (Å²) in [5, 5.41) is 7.33. The van der Waals surface area contributed by atoms with Gasteiger partial charge in [-0.3, -0.25) is 0 Å². The van der Waals surface area contributed by atoms with Crippen molar-refractivity contribution in [2.45, 2.75) is 39.5 Å². The molecule has 1 aliphatic carbocycles. The Labute approximate surface area is 199 Å². The summed E-state index contributed by atoms with van der Waals surface area (Å²) < 4.78 is 2.06. The fraction of sp³-hybridized carbons (Fsp3) is 0.241. The topological polar surface area (TPSA) is 29.6 Å². The first-order valence-corrected chi connectivity index (χ1v) is 12.6. The molecule has 3 aromatic carbocycles. The molecule has 0 amide bonds. The lowest BCUT2D eigenvalue weighted by Gasteiger charge is -2.19. The third-order valence-electron chi connectivity index (χ3n) is 6.22. The highest BCUT2D eigenvalue weighted by molar-refractivity contribution is 7.07. The van der Waals surface area contributed by atoms with E-state index in [4.69, 9.17) is 10.1 Å². The van der Waals surface area contributed by atoms with Crippen LogP contribution in [0.15, 0.2) is 94.3 Å². The van der Waals surface area contributed by atoms with Gasteiger partial charge in [0.05, 0.1) is 11.4 Å². The molecule has 1 aliphatic rings. The van der Waals surface area contributed by atoms with Crippen LogP contribution in [0.5, 0.6) is 0 Å². The maximum absolute atomic E-state index is 5.15. The van der Waals surface area contributed by atoms with Crippen LogP contribution in [0, 0.1) is 12.8 Å². The van der Waals surface area contributed by atoms with Gasteiger partial charge in [-0.2, -0.15) is 5.10 Å². The van der Waals surface area contributed by atoms with Crippen molar-refractivity contribution >= 4 is 22.7 Å². The number of hydrogen-bond acceptors (Lipinski definition) is 3. The van der Waals surface area contributed by atoms with Crippen molar-refractivity contribution in [2.75, 3.05) is 0 Å². The van der Waals surface area contributed by atoms with E-state index in [2.05, 4.69) is 103 Å². The molecule has 5 rings (SSSR count). The summed E-state index contributed by atoms with van der Waals surface area (Å²) in [6.07, 6.45) is 4.65. The number of thiazole rings is 1. The lowest BCUT2D eigenvalue weighted by molar-refractivity contribution is 0.497. The second kappa shape index (κ2) is 9.72. The highest BCUT2D eigenvalue weighted by Gasteiger charge is 2.16. The smallest absolute Gasteiger partial charge is 0.211 e. The van der Waals surface area contributed by atoms with E-state index in [9.17, 15) is 0 Å². The van der Waals surface area contributed by atoms with Crippen LogP contribution in [-0.4, -0.2) is 10.4 Å². The first-order valence-electron chi connectivity index (χ1n) is 11.7. The van der Waals surface area contributed by atoms with Crippen LogP contribution in [0.1, 0.15) is 38.2 Å². The van der Waals surface area contributed by atoms with E-state index in [1.807, 2.05) is 0 Å². The molecule has 3 nitrogen and oxygen atoms in total. The van der Waals surface area contributed by atoms with Gasteiger partial charge in [-0.25, -0.2) is 9.67 Å². The Morgan fingerprint density at radius 3 is 2.27 bits per heavy atom. The van der Waals surface area contributed by atoms with Gasteiger partial charge in [-0.1, -0.05) is 79.2 Å². The first-order chi connectivity index (χ1) is 16.2. The van der Waals surface area contributed by atoms with Crippen LogP contribution in [-0.2, 0) is 0 Å². The Kier molecular flexibility index (Phi) is 6.36. The zero-order valence-corrected chi connectivity index (χ0v) is 20.1. The summed E-state index contributed by atoms with van der Waals surface area (Å²) in [4.78, 5) is 5.86. The Morgan fingerprint density at radius 2 is 1.55 bits per heavy atom. The van der Waals surface area contributed by atoms with Crippen LogP contribution in [0.2, 0.25) is 0 Å². The third kappa shape index (κ3) is 5.07. The predicted molar refractivity (Wildman–Crippen MR) is 140 cm³/mol. The molecule has 4 heteroatoms. The number of aromatic nitrogens is 1. The summed E-state index contributed by atoms with van der Waals surface area (Å²) in [7, 11) is 0. The average Bonchev–Trinajstić information content (AvgIpc) is 3.23. The molecule has 1 fully saturated rings. The zero-order chi connectivity index (χ0) is 22.6. The monoisotopic (exact) mass is 451 g/mol. The zero-order valence-electron chi connectivity index (χ0n) is 19.2. The lowest BCUT2D eigenvalue weighted by Crippen LogP contribution is -2.18. The van der Waals surface area contributed by atoms with Gasteiger partial charge >= 0.3 is 0 Å². The second-order valence-corrected chi connectivity index (χ2v) is 9.81. The maximum atomic E-state index is 5.15. The lowest BCUT2D eigenvalue weighted by atomic mass is 9.89. The molecule has 0 N–H and O–H groups in total. The Bertz CT molecular complexity index is 1310. The second-order valence-electron chi connectivity index (χ2n) is 8.97. The van der Waals surface area contributed by atoms with E-state index in [1.165, 1.54) is 35.2 Å². The standard InChI is InChI=1S/C29H29N3S/c1-21-11-17-26(18-12-21)30-29-32(31-27-10-6-7-22(2)19-27)28(20-33-29)25-15-13-24(14-16-25)23-8-4-3-5-9-23/h3-5,8-9,11-18,20,22H,6-7,10,19H2,1-2H3/b30-29?,31-27-. The van der Waals surface area contributed by atoms with Crippen LogP contribution < -0.4 is 4.80 Å². The normalized spacial score (nSPS) is 18.1. The highest BCUT2D eigenvalue weighted by atomic mass is 32.1. The number of hydrogen-bond donors (Lipinski definition) is 0. The molecular weight excluding hydrogens is 422 g/mol. The van der Waals surface area contributed by atoms with Crippen LogP contribution >= 0.6 is 11.3 Å². The molecule has 0 spiro atoms. The van der Waals surface area contributed by atoms with E-state index in [0.29, 0.717) is 5.92 Å². The number of aryl methyl sites for hydroxylation is 1. The SMILES string of the molecule is Cc1ccc(N=c2scc(-c3ccc(-c4ccccc4)cc3)n2/N=C2/CCCC(C)C2)cc1. The minimum Gasteiger partial charge on any atom is -0.220 e. The molecule has 1 saturated carbocycles. The minimum absolute atomic E-state index is 0.697. The van der Waals surface area contributed by atoms with Crippen molar-refractivity contribution in [3.8, 4) is 22.4 Å². The largest absolute Gasteiger partial charge is 0.220 e. The third-order valence-corrected chi connectivity index (χ3v) is 7.04. The van der Waals surface area contributed by atoms with E-state index < -0.39 is 0 Å². The fourth-order valence-electron chi connectivity index (χ4n) is 4.36. The molecular formula is C29H29N3S. The molecule has 0 bridgehead atoms. The minimum atomic E-state index is 0.697. The summed E-state index contributed by atoms with van der Waals surface area (Å²) in [5.41, 5.74) is 8.18. The van der Waals surface area contributed by atoms with Crippen molar-refractivity contribution in [3.05, 3.63) is 94.6 Å². The molecule has 0 radical (unpaired) electrons.